The zero-order valence-corrected chi connectivity index (χ0v) is 14.1. The minimum absolute atomic E-state index is 0.0191. The molecule has 1 fully saturated rings. The maximum atomic E-state index is 12.5. The zero-order valence-electron chi connectivity index (χ0n) is 12.4. The monoisotopic (exact) mass is 347 g/mol. The van der Waals surface area contributed by atoms with Gasteiger partial charge in [-0.2, -0.15) is 0 Å². The third-order valence-electron chi connectivity index (χ3n) is 3.65. The smallest absolute Gasteiger partial charge is 0.256 e. The quantitative estimate of drug-likeness (QED) is 0.922. The Balaban J connectivity index is 1.76. The van der Waals surface area contributed by atoms with Gasteiger partial charge >= 0.3 is 0 Å². The first-order valence-electron chi connectivity index (χ1n) is 7.36. The van der Waals surface area contributed by atoms with Crippen LogP contribution in [0.1, 0.15) is 16.8 Å². The van der Waals surface area contributed by atoms with Crippen LogP contribution in [0.3, 0.4) is 0 Å². The van der Waals surface area contributed by atoms with E-state index in [1.54, 1.807) is 6.07 Å². The van der Waals surface area contributed by atoms with Crippen molar-refractivity contribution in [2.24, 2.45) is 0 Å². The summed E-state index contributed by atoms with van der Waals surface area (Å²) in [4.78, 5) is 13.3. The SMILES string of the molecule is O=C(Nc1ccccc1)c1ccccc1S[C@H]1CCS(=O)(=O)C1. The maximum absolute atomic E-state index is 12.5. The van der Waals surface area contributed by atoms with Crippen molar-refractivity contribution in [2.45, 2.75) is 16.6 Å². The summed E-state index contributed by atoms with van der Waals surface area (Å²) in [5.74, 6) is 0.246. The summed E-state index contributed by atoms with van der Waals surface area (Å²) in [7, 11) is -2.92. The molecule has 1 aliphatic heterocycles. The van der Waals surface area contributed by atoms with Gasteiger partial charge in [0.05, 0.1) is 17.1 Å². The Morgan fingerprint density at radius 3 is 2.43 bits per heavy atom. The van der Waals surface area contributed by atoms with Gasteiger partial charge in [-0.05, 0) is 30.7 Å². The number of hydrogen-bond acceptors (Lipinski definition) is 4. The van der Waals surface area contributed by atoms with Crippen molar-refractivity contribution in [1.29, 1.82) is 0 Å². The van der Waals surface area contributed by atoms with E-state index < -0.39 is 9.84 Å². The van der Waals surface area contributed by atoms with Gasteiger partial charge in [-0.1, -0.05) is 30.3 Å². The molecule has 2 aromatic rings. The van der Waals surface area contributed by atoms with Crippen molar-refractivity contribution >= 4 is 33.2 Å². The van der Waals surface area contributed by atoms with Gasteiger partial charge in [0.15, 0.2) is 9.84 Å². The molecule has 1 amide bonds. The van der Waals surface area contributed by atoms with Crippen LogP contribution in [0.25, 0.3) is 0 Å². The van der Waals surface area contributed by atoms with Gasteiger partial charge in [-0.3, -0.25) is 4.79 Å². The normalized spacial score (nSPS) is 19.4. The highest BCUT2D eigenvalue weighted by Gasteiger charge is 2.29. The minimum Gasteiger partial charge on any atom is -0.322 e. The van der Waals surface area contributed by atoms with Crippen LogP contribution in [0, 0.1) is 0 Å². The predicted molar refractivity (Wildman–Crippen MR) is 93.8 cm³/mol. The summed E-state index contributed by atoms with van der Waals surface area (Å²) in [5.41, 5.74) is 1.31. The summed E-state index contributed by atoms with van der Waals surface area (Å²) < 4.78 is 23.2. The van der Waals surface area contributed by atoms with E-state index in [9.17, 15) is 13.2 Å². The van der Waals surface area contributed by atoms with Crippen molar-refractivity contribution < 1.29 is 13.2 Å². The number of rotatable bonds is 4. The second-order valence-electron chi connectivity index (χ2n) is 5.46. The molecule has 1 heterocycles. The molecule has 0 aromatic heterocycles. The molecule has 1 atom stereocenters. The van der Waals surface area contributed by atoms with Gasteiger partial charge in [-0.15, -0.1) is 11.8 Å². The molecule has 6 heteroatoms. The molecular formula is C17H17NO3S2. The van der Waals surface area contributed by atoms with E-state index in [2.05, 4.69) is 5.32 Å². The number of hydrogen-bond donors (Lipinski definition) is 1. The molecule has 1 N–H and O–H groups in total. The lowest BCUT2D eigenvalue weighted by Gasteiger charge is -2.12. The van der Waals surface area contributed by atoms with Crippen LogP contribution in [0.4, 0.5) is 5.69 Å². The fraction of sp³-hybridized carbons (Fsp3) is 0.235. The number of carbonyl (C=O) groups is 1. The second kappa shape index (κ2) is 6.76. The van der Waals surface area contributed by atoms with E-state index in [0.717, 1.165) is 10.6 Å². The Bertz CT molecular complexity index is 804. The fourth-order valence-electron chi connectivity index (χ4n) is 2.51. The van der Waals surface area contributed by atoms with Crippen LogP contribution < -0.4 is 5.32 Å². The topological polar surface area (TPSA) is 63.2 Å². The van der Waals surface area contributed by atoms with E-state index in [4.69, 9.17) is 0 Å². The molecule has 1 aliphatic rings. The molecule has 0 aliphatic carbocycles. The van der Waals surface area contributed by atoms with Gasteiger partial charge in [0, 0.05) is 15.8 Å². The van der Waals surface area contributed by atoms with E-state index in [1.165, 1.54) is 11.8 Å². The maximum Gasteiger partial charge on any atom is 0.256 e. The first-order valence-corrected chi connectivity index (χ1v) is 10.1. The van der Waals surface area contributed by atoms with Crippen molar-refractivity contribution in [3.05, 3.63) is 60.2 Å². The van der Waals surface area contributed by atoms with Crippen LogP contribution >= 0.6 is 11.8 Å². The fourth-order valence-corrected chi connectivity index (χ4v) is 6.14. The number of anilines is 1. The molecule has 2 aromatic carbocycles. The lowest BCUT2D eigenvalue weighted by Crippen LogP contribution is -2.14. The molecule has 0 bridgehead atoms. The highest BCUT2D eigenvalue weighted by Crippen LogP contribution is 2.33. The number of benzene rings is 2. The van der Waals surface area contributed by atoms with E-state index >= 15 is 0 Å². The number of para-hydroxylation sites is 1. The summed E-state index contributed by atoms with van der Waals surface area (Å²) in [6.07, 6.45) is 0.641. The number of nitrogens with one attached hydrogen (secondary N) is 1. The first-order chi connectivity index (χ1) is 11.0. The summed E-state index contributed by atoms with van der Waals surface area (Å²) >= 11 is 1.48. The van der Waals surface area contributed by atoms with E-state index in [0.29, 0.717) is 12.0 Å². The molecule has 0 unspecified atom stereocenters. The van der Waals surface area contributed by atoms with Crippen LogP contribution in [-0.4, -0.2) is 31.1 Å². The van der Waals surface area contributed by atoms with Crippen LogP contribution in [0.15, 0.2) is 59.5 Å². The van der Waals surface area contributed by atoms with Crippen LogP contribution in [-0.2, 0) is 9.84 Å². The predicted octanol–water partition coefficient (Wildman–Crippen LogP) is 3.22. The Kier molecular flexibility index (Phi) is 4.73. The van der Waals surface area contributed by atoms with Gasteiger partial charge in [0.25, 0.3) is 5.91 Å². The lowest BCUT2D eigenvalue weighted by atomic mass is 10.2. The number of thioether (sulfide) groups is 1. The first kappa shape index (κ1) is 16.1. The van der Waals surface area contributed by atoms with E-state index in [1.807, 2.05) is 48.5 Å². The molecule has 0 radical (unpaired) electrons. The Morgan fingerprint density at radius 1 is 1.04 bits per heavy atom. The van der Waals surface area contributed by atoms with E-state index in [-0.39, 0.29) is 22.7 Å². The van der Waals surface area contributed by atoms with Crippen molar-refractivity contribution in [3.8, 4) is 0 Å². The van der Waals surface area contributed by atoms with Crippen molar-refractivity contribution in [2.75, 3.05) is 16.8 Å². The molecule has 3 rings (SSSR count). The van der Waals surface area contributed by atoms with Crippen molar-refractivity contribution in [1.82, 2.24) is 0 Å². The molecule has 120 valence electrons. The minimum atomic E-state index is -2.92. The molecular weight excluding hydrogens is 330 g/mol. The number of sulfone groups is 1. The summed E-state index contributed by atoms with van der Waals surface area (Å²) in [6.45, 7) is 0. The van der Waals surface area contributed by atoms with Gasteiger partial charge in [-0.25, -0.2) is 8.42 Å². The average molecular weight is 347 g/mol. The van der Waals surface area contributed by atoms with Gasteiger partial charge in [0.2, 0.25) is 0 Å². The number of amides is 1. The third-order valence-corrected chi connectivity index (χ3v) is 6.97. The van der Waals surface area contributed by atoms with Crippen LogP contribution in [0.2, 0.25) is 0 Å². The van der Waals surface area contributed by atoms with Crippen LogP contribution in [0.5, 0.6) is 0 Å². The van der Waals surface area contributed by atoms with Crippen molar-refractivity contribution in [3.63, 3.8) is 0 Å². The molecule has 4 nitrogen and oxygen atoms in total. The molecule has 1 saturated heterocycles. The average Bonchev–Trinajstić information content (AvgIpc) is 2.87. The second-order valence-corrected chi connectivity index (χ2v) is 9.03. The standard InChI is InChI=1S/C17H17NO3S2/c19-17(18-13-6-2-1-3-7-13)15-8-4-5-9-16(15)22-14-10-11-23(20,21)12-14/h1-9,14H,10-12H2,(H,18,19)/t14-/m0/s1. The highest BCUT2D eigenvalue weighted by molar-refractivity contribution is 8.02. The molecule has 0 saturated carbocycles. The largest absolute Gasteiger partial charge is 0.322 e. The third kappa shape index (κ3) is 4.14. The number of carbonyl (C=O) groups excluding carboxylic acids is 1. The molecule has 23 heavy (non-hydrogen) atoms. The van der Waals surface area contributed by atoms with Gasteiger partial charge < -0.3 is 5.32 Å². The Labute approximate surface area is 140 Å². The summed E-state index contributed by atoms with van der Waals surface area (Å²) in [5, 5.41) is 2.89. The Morgan fingerprint density at radius 2 is 1.74 bits per heavy atom. The zero-order chi connectivity index (χ0) is 16.3. The highest BCUT2D eigenvalue weighted by atomic mass is 32.2. The Hall–Kier alpha value is -1.79. The summed E-state index contributed by atoms with van der Waals surface area (Å²) in [6, 6.07) is 16.6. The lowest BCUT2D eigenvalue weighted by molar-refractivity contribution is 0.102. The van der Waals surface area contributed by atoms with Gasteiger partial charge in [0.1, 0.15) is 0 Å². The molecule has 0 spiro atoms.